The van der Waals surface area contributed by atoms with Crippen LogP contribution in [0.25, 0.3) is 0 Å². The maximum absolute atomic E-state index is 13.4. The summed E-state index contributed by atoms with van der Waals surface area (Å²) in [5.41, 5.74) is -0.432. The molecular formula is C13H15FN2O2S. The fourth-order valence-corrected chi connectivity index (χ4v) is 3.31. The monoisotopic (exact) mass is 282 g/mol. The molecule has 0 aromatic heterocycles. The van der Waals surface area contributed by atoms with Crippen molar-refractivity contribution in [3.05, 3.63) is 29.6 Å². The van der Waals surface area contributed by atoms with Crippen LogP contribution in [0.3, 0.4) is 0 Å². The summed E-state index contributed by atoms with van der Waals surface area (Å²) in [6.07, 6.45) is 4.28. The van der Waals surface area contributed by atoms with Crippen LogP contribution in [0.15, 0.2) is 23.1 Å². The van der Waals surface area contributed by atoms with Gasteiger partial charge in [0.05, 0.1) is 0 Å². The van der Waals surface area contributed by atoms with Gasteiger partial charge in [0.2, 0.25) is 10.0 Å². The van der Waals surface area contributed by atoms with Gasteiger partial charge in [0.15, 0.2) is 0 Å². The van der Waals surface area contributed by atoms with Gasteiger partial charge in [0.25, 0.3) is 0 Å². The van der Waals surface area contributed by atoms with Crippen LogP contribution in [0.1, 0.15) is 31.2 Å². The molecule has 0 aliphatic heterocycles. The molecule has 1 aliphatic carbocycles. The summed E-state index contributed by atoms with van der Waals surface area (Å²) >= 11 is 0. The quantitative estimate of drug-likeness (QED) is 0.899. The standard InChI is InChI=1S/C13H15FN2O2S/c14-12-5-2-6-13(11(12)9-15)19(17,18)16-8-7-10-3-1-4-10/h2,5-6,10,16H,1,3-4,7-8H2. The average Bonchev–Trinajstić information content (AvgIpc) is 2.32. The summed E-state index contributed by atoms with van der Waals surface area (Å²) in [5, 5.41) is 8.84. The fourth-order valence-electron chi connectivity index (χ4n) is 2.09. The first-order valence-corrected chi connectivity index (χ1v) is 7.71. The molecular weight excluding hydrogens is 267 g/mol. The normalized spacial score (nSPS) is 15.8. The molecule has 0 unspecified atom stereocenters. The van der Waals surface area contributed by atoms with E-state index in [0.717, 1.165) is 25.3 Å². The topological polar surface area (TPSA) is 70.0 Å². The highest BCUT2D eigenvalue weighted by Crippen LogP contribution is 2.29. The number of sulfonamides is 1. The van der Waals surface area contributed by atoms with E-state index in [1.807, 2.05) is 0 Å². The molecule has 1 saturated carbocycles. The first kappa shape index (κ1) is 14.0. The summed E-state index contributed by atoms with van der Waals surface area (Å²) in [7, 11) is -3.82. The van der Waals surface area contributed by atoms with E-state index in [-0.39, 0.29) is 4.90 Å². The average molecular weight is 282 g/mol. The van der Waals surface area contributed by atoms with Gasteiger partial charge in [-0.3, -0.25) is 0 Å². The zero-order valence-electron chi connectivity index (χ0n) is 10.4. The van der Waals surface area contributed by atoms with E-state index in [1.54, 1.807) is 6.07 Å². The van der Waals surface area contributed by atoms with Crippen LogP contribution < -0.4 is 4.72 Å². The number of hydrogen-bond donors (Lipinski definition) is 1. The lowest BCUT2D eigenvalue weighted by atomic mass is 9.83. The van der Waals surface area contributed by atoms with Gasteiger partial charge in [-0.05, 0) is 24.5 Å². The maximum Gasteiger partial charge on any atom is 0.241 e. The van der Waals surface area contributed by atoms with Crippen LogP contribution in [-0.4, -0.2) is 15.0 Å². The lowest BCUT2D eigenvalue weighted by Crippen LogP contribution is -2.28. The van der Waals surface area contributed by atoms with E-state index < -0.39 is 21.4 Å². The highest BCUT2D eigenvalue weighted by atomic mass is 32.2. The molecule has 0 bridgehead atoms. The van der Waals surface area contributed by atoms with Crippen LogP contribution in [0.2, 0.25) is 0 Å². The molecule has 4 nitrogen and oxygen atoms in total. The van der Waals surface area contributed by atoms with Gasteiger partial charge >= 0.3 is 0 Å². The van der Waals surface area contributed by atoms with Crippen LogP contribution in [0.5, 0.6) is 0 Å². The fraction of sp³-hybridized carbons (Fsp3) is 0.462. The van der Waals surface area contributed by atoms with Crippen molar-refractivity contribution in [1.82, 2.24) is 4.72 Å². The Morgan fingerprint density at radius 1 is 1.42 bits per heavy atom. The SMILES string of the molecule is N#Cc1c(F)cccc1S(=O)(=O)NCCC1CCC1. The second-order valence-corrected chi connectivity index (χ2v) is 6.44. The minimum atomic E-state index is -3.82. The number of nitrogens with one attached hydrogen (secondary N) is 1. The first-order chi connectivity index (χ1) is 9.04. The minimum Gasteiger partial charge on any atom is -0.211 e. The molecule has 19 heavy (non-hydrogen) atoms. The number of hydrogen-bond acceptors (Lipinski definition) is 3. The van der Waals surface area contributed by atoms with E-state index in [4.69, 9.17) is 5.26 Å². The molecule has 0 saturated heterocycles. The molecule has 0 radical (unpaired) electrons. The van der Waals surface area contributed by atoms with E-state index in [2.05, 4.69) is 4.72 Å². The lowest BCUT2D eigenvalue weighted by Gasteiger charge is -2.25. The molecule has 1 N–H and O–H groups in total. The van der Waals surface area contributed by atoms with Crippen molar-refractivity contribution in [2.45, 2.75) is 30.6 Å². The summed E-state index contributed by atoms with van der Waals surface area (Å²) in [5.74, 6) is -0.227. The first-order valence-electron chi connectivity index (χ1n) is 6.23. The second kappa shape index (κ2) is 5.68. The maximum atomic E-state index is 13.4. The molecule has 2 rings (SSSR count). The Balaban J connectivity index is 2.10. The van der Waals surface area contributed by atoms with Crippen molar-refractivity contribution in [3.63, 3.8) is 0 Å². The van der Waals surface area contributed by atoms with Crippen LogP contribution in [-0.2, 0) is 10.0 Å². The van der Waals surface area contributed by atoms with Crippen molar-refractivity contribution in [2.75, 3.05) is 6.54 Å². The number of nitrogens with zero attached hydrogens (tertiary/aromatic N) is 1. The smallest absolute Gasteiger partial charge is 0.211 e. The molecule has 1 fully saturated rings. The Hall–Kier alpha value is -1.45. The van der Waals surface area contributed by atoms with E-state index in [9.17, 15) is 12.8 Å². The highest BCUT2D eigenvalue weighted by Gasteiger charge is 2.22. The highest BCUT2D eigenvalue weighted by molar-refractivity contribution is 7.89. The van der Waals surface area contributed by atoms with Crippen molar-refractivity contribution in [2.24, 2.45) is 5.92 Å². The van der Waals surface area contributed by atoms with Gasteiger partial charge in [-0.2, -0.15) is 5.26 Å². The van der Waals surface area contributed by atoms with Crippen molar-refractivity contribution in [3.8, 4) is 6.07 Å². The molecule has 0 atom stereocenters. The molecule has 6 heteroatoms. The Kier molecular flexibility index (Phi) is 4.17. The third kappa shape index (κ3) is 3.11. The van der Waals surface area contributed by atoms with Gasteiger partial charge in [-0.15, -0.1) is 0 Å². The largest absolute Gasteiger partial charge is 0.241 e. The number of nitriles is 1. The van der Waals surface area contributed by atoms with Crippen LogP contribution in [0, 0.1) is 23.1 Å². The van der Waals surface area contributed by atoms with Crippen molar-refractivity contribution < 1.29 is 12.8 Å². The summed E-state index contributed by atoms with van der Waals surface area (Å²) in [6.45, 7) is 0.328. The number of benzene rings is 1. The van der Waals surface area contributed by atoms with Crippen molar-refractivity contribution in [1.29, 1.82) is 5.26 Å². The van der Waals surface area contributed by atoms with E-state index >= 15 is 0 Å². The molecule has 1 aromatic rings. The Labute approximate surface area is 112 Å². The van der Waals surface area contributed by atoms with Crippen molar-refractivity contribution >= 4 is 10.0 Å². The predicted octanol–water partition coefficient (Wildman–Crippen LogP) is 2.17. The number of halogens is 1. The number of rotatable bonds is 5. The lowest BCUT2D eigenvalue weighted by molar-refractivity contribution is 0.297. The Morgan fingerprint density at radius 3 is 2.74 bits per heavy atom. The molecule has 1 aromatic carbocycles. The zero-order valence-corrected chi connectivity index (χ0v) is 11.2. The van der Waals surface area contributed by atoms with E-state index in [0.29, 0.717) is 12.5 Å². The zero-order chi connectivity index (χ0) is 13.9. The molecule has 0 spiro atoms. The third-order valence-corrected chi connectivity index (χ3v) is 4.95. The van der Waals surface area contributed by atoms with Gasteiger partial charge in [-0.1, -0.05) is 25.3 Å². The summed E-state index contributed by atoms with van der Waals surface area (Å²) < 4.78 is 39.9. The van der Waals surface area contributed by atoms with Crippen LogP contribution in [0.4, 0.5) is 4.39 Å². The molecule has 1 aliphatic rings. The Bertz CT molecular complexity index is 604. The molecule has 102 valence electrons. The molecule has 0 amide bonds. The van der Waals surface area contributed by atoms with Gasteiger partial charge in [-0.25, -0.2) is 17.5 Å². The molecule has 0 heterocycles. The second-order valence-electron chi connectivity index (χ2n) is 4.71. The predicted molar refractivity (Wildman–Crippen MR) is 68.3 cm³/mol. The summed E-state index contributed by atoms with van der Waals surface area (Å²) in [4.78, 5) is -0.288. The van der Waals surface area contributed by atoms with E-state index in [1.165, 1.54) is 18.6 Å². The van der Waals surface area contributed by atoms with Gasteiger partial charge in [0.1, 0.15) is 22.3 Å². The Morgan fingerprint density at radius 2 is 2.16 bits per heavy atom. The van der Waals surface area contributed by atoms with Gasteiger partial charge in [0, 0.05) is 6.54 Å². The minimum absolute atomic E-state index is 0.288. The van der Waals surface area contributed by atoms with Gasteiger partial charge < -0.3 is 0 Å². The third-order valence-electron chi connectivity index (χ3n) is 3.45. The van der Waals surface area contributed by atoms with Crippen LogP contribution >= 0.6 is 0 Å². The summed E-state index contributed by atoms with van der Waals surface area (Å²) in [6, 6.07) is 5.20.